The number of nitrogens with one attached hydrogen (secondary N) is 2. The Bertz CT molecular complexity index is 113. The summed E-state index contributed by atoms with van der Waals surface area (Å²) in [6.45, 7) is 4.74. The smallest absolute Gasteiger partial charge is 0.152 e. The molecule has 0 spiro atoms. The van der Waals surface area contributed by atoms with E-state index in [1.54, 1.807) is 0 Å². The van der Waals surface area contributed by atoms with Crippen molar-refractivity contribution in [1.82, 2.24) is 10.7 Å². The maximum absolute atomic E-state index is 8.11. The van der Waals surface area contributed by atoms with Crippen molar-refractivity contribution in [2.24, 2.45) is 22.7 Å². The number of nitrogens with zero attached hydrogens (tertiary/aromatic N) is 1. The lowest BCUT2D eigenvalue weighted by molar-refractivity contribution is 0.312. The molecule has 0 saturated heterocycles. The van der Waals surface area contributed by atoms with Gasteiger partial charge < -0.3 is 22.0 Å². The molecule has 0 aromatic rings. The molecule has 9 N–H and O–H groups in total. The summed E-state index contributed by atoms with van der Waals surface area (Å²) >= 11 is 0. The molecular weight excluding hydrogens is 260 g/mol. The van der Waals surface area contributed by atoms with Crippen molar-refractivity contribution in [1.29, 1.82) is 0 Å². The summed E-state index contributed by atoms with van der Waals surface area (Å²) in [5.74, 6) is 5.02. The number of unbranched alkanes of at least 4 members (excludes halogenated alkanes) is 4. The van der Waals surface area contributed by atoms with Gasteiger partial charge in [-0.2, -0.15) is 0 Å². The topological polar surface area (TPSA) is 152 Å². The first-order chi connectivity index (χ1) is 9.66. The molecule has 0 heterocycles. The van der Waals surface area contributed by atoms with E-state index in [1.807, 2.05) is 14.1 Å². The molecule has 0 amide bonds. The summed E-state index contributed by atoms with van der Waals surface area (Å²) in [6, 6.07) is 0. The third-order valence-corrected chi connectivity index (χ3v) is 1.83. The molecule has 0 atom stereocenters. The van der Waals surface area contributed by atoms with Crippen LogP contribution in [0.15, 0.2) is 5.34 Å². The molecule has 0 bridgehead atoms. The summed E-state index contributed by atoms with van der Waals surface area (Å²) in [5, 5.41) is 10.6. The molecular formula is C12H36N6O2. The fourth-order valence-corrected chi connectivity index (χ4v) is 0.943. The van der Waals surface area contributed by atoms with Gasteiger partial charge in [-0.05, 0) is 46.4 Å². The van der Waals surface area contributed by atoms with Gasteiger partial charge in [-0.3, -0.25) is 11.3 Å². The van der Waals surface area contributed by atoms with Gasteiger partial charge in [0, 0.05) is 6.54 Å². The van der Waals surface area contributed by atoms with Crippen LogP contribution in [0.3, 0.4) is 0 Å². The molecule has 0 aliphatic heterocycles. The van der Waals surface area contributed by atoms with Crippen LogP contribution in [0.2, 0.25) is 0 Å². The molecule has 8 heteroatoms. The van der Waals surface area contributed by atoms with E-state index < -0.39 is 0 Å². The minimum absolute atomic E-state index is 0.806. The number of rotatable bonds is 8. The van der Waals surface area contributed by atoms with E-state index >= 15 is 0 Å². The van der Waals surface area contributed by atoms with Gasteiger partial charge in [0.2, 0.25) is 0 Å². The molecule has 0 aliphatic carbocycles. The molecule has 0 fully saturated rings. The second kappa shape index (κ2) is 42.9. The Kier molecular flexibility index (Phi) is 59.1. The second-order valence-electron chi connectivity index (χ2n) is 3.88. The largest absolute Gasteiger partial charge is 0.379 e. The Balaban J connectivity index is -0.0000000927. The van der Waals surface area contributed by atoms with Gasteiger partial charge in [-0.15, -0.1) is 4.91 Å². The molecule has 0 aromatic heterocycles. The molecule has 0 rings (SSSR count). The standard InChI is InChI=1S/2C5H14N2.C2H7N.HNO2/c1-2-3-4-5-7-6;6-4-2-1-3-5-7;1-3-2;2-1-3/h7H,2-6H2,1H3;1-7H2;3H,1-2H3;(H,2,3). The monoisotopic (exact) mass is 296 g/mol. The lowest BCUT2D eigenvalue weighted by atomic mass is 10.2. The van der Waals surface area contributed by atoms with Crippen LogP contribution in [0.25, 0.3) is 0 Å². The average molecular weight is 296 g/mol. The van der Waals surface area contributed by atoms with Crippen molar-refractivity contribution in [3.63, 3.8) is 0 Å². The minimum atomic E-state index is 0.806. The first kappa shape index (κ1) is 27.5. The van der Waals surface area contributed by atoms with Crippen molar-refractivity contribution >= 4 is 0 Å². The molecule has 0 aromatic carbocycles. The maximum Gasteiger partial charge on any atom is 0.152 e. The van der Waals surface area contributed by atoms with E-state index in [-0.39, 0.29) is 0 Å². The Morgan fingerprint density at radius 1 is 1.00 bits per heavy atom. The predicted molar refractivity (Wildman–Crippen MR) is 86.2 cm³/mol. The van der Waals surface area contributed by atoms with Gasteiger partial charge in [0.1, 0.15) is 0 Å². The molecule has 8 nitrogen and oxygen atoms in total. The molecule has 0 saturated carbocycles. The van der Waals surface area contributed by atoms with E-state index in [1.165, 1.54) is 31.0 Å². The first-order valence-electron chi connectivity index (χ1n) is 7.05. The Morgan fingerprint density at radius 3 is 1.65 bits per heavy atom. The van der Waals surface area contributed by atoms with Crippen LogP contribution in [0, 0.1) is 4.91 Å². The molecule has 0 aliphatic rings. The van der Waals surface area contributed by atoms with E-state index in [0.29, 0.717) is 0 Å². The minimum Gasteiger partial charge on any atom is -0.379 e. The summed E-state index contributed by atoms with van der Waals surface area (Å²) in [5.41, 5.74) is 13.1. The third-order valence-electron chi connectivity index (χ3n) is 1.83. The highest BCUT2D eigenvalue weighted by molar-refractivity contribution is 4.41. The Hall–Kier alpha value is -0.800. The van der Waals surface area contributed by atoms with Crippen molar-refractivity contribution < 1.29 is 5.21 Å². The average Bonchev–Trinajstić information content (AvgIpc) is 2.43. The summed E-state index contributed by atoms with van der Waals surface area (Å²) < 4.78 is 0. The maximum atomic E-state index is 8.11. The predicted octanol–water partition coefficient (Wildman–Crippen LogP) is 0.692. The number of hydrogen-bond acceptors (Lipinski definition) is 7. The van der Waals surface area contributed by atoms with Crippen LogP contribution < -0.4 is 28.1 Å². The normalized spacial score (nSPS) is 8.10. The Labute approximate surface area is 123 Å². The number of nitrogens with two attached hydrogens (primary N) is 3. The van der Waals surface area contributed by atoms with Gasteiger partial charge in [0.25, 0.3) is 0 Å². The SMILES string of the molecule is CCCCCNN.CNC.NCCCCCN.O=NO. The highest BCUT2D eigenvalue weighted by atomic mass is 16.6. The van der Waals surface area contributed by atoms with Crippen LogP contribution >= 0.6 is 0 Å². The zero-order valence-electron chi connectivity index (χ0n) is 13.4. The first-order valence-corrected chi connectivity index (χ1v) is 7.05. The van der Waals surface area contributed by atoms with Gasteiger partial charge in [0.05, 0.1) is 0 Å². The zero-order chi connectivity index (χ0) is 16.5. The second-order valence-corrected chi connectivity index (χ2v) is 3.88. The van der Waals surface area contributed by atoms with Crippen LogP contribution in [0.5, 0.6) is 0 Å². The van der Waals surface area contributed by atoms with Gasteiger partial charge in [-0.25, -0.2) is 0 Å². The molecule has 20 heavy (non-hydrogen) atoms. The molecule has 126 valence electrons. The zero-order valence-corrected chi connectivity index (χ0v) is 13.4. The fraction of sp³-hybridized carbons (Fsp3) is 1.00. The van der Waals surface area contributed by atoms with Crippen LogP contribution in [0.4, 0.5) is 0 Å². The van der Waals surface area contributed by atoms with Crippen LogP contribution in [0.1, 0.15) is 45.4 Å². The van der Waals surface area contributed by atoms with E-state index in [0.717, 1.165) is 32.5 Å². The highest BCUT2D eigenvalue weighted by Crippen LogP contribution is 1.89. The lowest BCUT2D eigenvalue weighted by Crippen LogP contribution is -2.22. The summed E-state index contributed by atoms with van der Waals surface area (Å²) in [4.78, 5) is 8.11. The number of hydrogen-bond donors (Lipinski definition) is 6. The highest BCUT2D eigenvalue weighted by Gasteiger charge is 1.80. The van der Waals surface area contributed by atoms with E-state index in [2.05, 4.69) is 17.7 Å². The van der Waals surface area contributed by atoms with Crippen molar-refractivity contribution in [2.45, 2.75) is 45.4 Å². The fourth-order valence-electron chi connectivity index (χ4n) is 0.943. The summed E-state index contributed by atoms with van der Waals surface area (Å²) in [6.07, 6.45) is 7.18. The van der Waals surface area contributed by atoms with Crippen LogP contribution in [-0.2, 0) is 0 Å². The van der Waals surface area contributed by atoms with Crippen molar-refractivity contribution in [3.8, 4) is 0 Å². The third kappa shape index (κ3) is 87.1. The van der Waals surface area contributed by atoms with Crippen molar-refractivity contribution in [2.75, 3.05) is 33.7 Å². The van der Waals surface area contributed by atoms with Gasteiger partial charge >= 0.3 is 0 Å². The van der Waals surface area contributed by atoms with Gasteiger partial charge in [0.15, 0.2) is 5.34 Å². The van der Waals surface area contributed by atoms with E-state index in [4.69, 9.17) is 27.4 Å². The Morgan fingerprint density at radius 2 is 1.40 bits per heavy atom. The quantitative estimate of drug-likeness (QED) is 0.167. The molecule has 0 unspecified atom stereocenters. The van der Waals surface area contributed by atoms with Gasteiger partial charge in [-0.1, -0.05) is 26.2 Å². The lowest BCUT2D eigenvalue weighted by Gasteiger charge is -1.93. The molecule has 0 radical (unpaired) electrons. The summed E-state index contributed by atoms with van der Waals surface area (Å²) in [7, 11) is 3.75. The van der Waals surface area contributed by atoms with Crippen molar-refractivity contribution in [3.05, 3.63) is 4.91 Å². The van der Waals surface area contributed by atoms with E-state index in [9.17, 15) is 0 Å². The number of hydrazine groups is 1. The van der Waals surface area contributed by atoms with Crippen LogP contribution in [-0.4, -0.2) is 38.9 Å².